The SMILES string of the molecule is CC(C)N1C(=O)N[C@](C)([C@@H]2CCCN(Cc3ncc[nH]3)C2)C1=O. The highest BCUT2D eigenvalue weighted by molar-refractivity contribution is 6.07. The van der Waals surface area contributed by atoms with Crippen LogP contribution >= 0.6 is 0 Å². The minimum Gasteiger partial charge on any atom is -0.348 e. The number of urea groups is 1. The molecular formula is C16H25N5O2. The fourth-order valence-corrected chi connectivity index (χ4v) is 3.69. The molecule has 2 aliphatic heterocycles. The maximum Gasteiger partial charge on any atom is 0.325 e. The van der Waals surface area contributed by atoms with Crippen molar-refractivity contribution >= 4 is 11.9 Å². The number of carbonyl (C=O) groups is 2. The van der Waals surface area contributed by atoms with Gasteiger partial charge in [-0.05, 0) is 40.2 Å². The highest BCUT2D eigenvalue weighted by Gasteiger charge is 2.53. The minimum atomic E-state index is -0.802. The molecular weight excluding hydrogens is 294 g/mol. The molecule has 0 bridgehead atoms. The molecule has 0 saturated carbocycles. The van der Waals surface area contributed by atoms with Gasteiger partial charge in [-0.3, -0.25) is 14.6 Å². The van der Waals surface area contributed by atoms with Crippen LogP contribution in [0.1, 0.15) is 39.4 Å². The van der Waals surface area contributed by atoms with Crippen LogP contribution in [-0.2, 0) is 11.3 Å². The van der Waals surface area contributed by atoms with Gasteiger partial charge in [-0.15, -0.1) is 0 Å². The van der Waals surface area contributed by atoms with E-state index in [2.05, 4.69) is 20.2 Å². The summed E-state index contributed by atoms with van der Waals surface area (Å²) in [7, 11) is 0. The summed E-state index contributed by atoms with van der Waals surface area (Å²) in [6.45, 7) is 8.13. The maximum absolute atomic E-state index is 12.8. The summed E-state index contributed by atoms with van der Waals surface area (Å²) < 4.78 is 0. The van der Waals surface area contributed by atoms with Crippen molar-refractivity contribution in [2.75, 3.05) is 13.1 Å². The van der Waals surface area contributed by atoms with Gasteiger partial charge in [0, 0.05) is 30.9 Å². The van der Waals surface area contributed by atoms with Crippen LogP contribution in [0, 0.1) is 5.92 Å². The van der Waals surface area contributed by atoms with Crippen molar-refractivity contribution in [3.05, 3.63) is 18.2 Å². The Kier molecular flexibility index (Phi) is 4.14. The Morgan fingerprint density at radius 2 is 2.22 bits per heavy atom. The molecule has 0 spiro atoms. The molecule has 2 saturated heterocycles. The number of piperidine rings is 1. The van der Waals surface area contributed by atoms with E-state index in [1.165, 1.54) is 4.90 Å². The molecule has 1 aromatic rings. The number of rotatable bonds is 4. The van der Waals surface area contributed by atoms with Crippen LogP contribution in [-0.4, -0.2) is 56.4 Å². The van der Waals surface area contributed by atoms with E-state index < -0.39 is 5.54 Å². The van der Waals surface area contributed by atoms with Crippen molar-refractivity contribution in [3.8, 4) is 0 Å². The van der Waals surface area contributed by atoms with E-state index in [1.807, 2.05) is 27.0 Å². The number of likely N-dealkylation sites (tertiary alicyclic amines) is 1. The summed E-state index contributed by atoms with van der Waals surface area (Å²) in [6.07, 6.45) is 5.54. The second-order valence-corrected chi connectivity index (χ2v) is 7.01. The Morgan fingerprint density at radius 3 is 2.83 bits per heavy atom. The smallest absolute Gasteiger partial charge is 0.325 e. The van der Waals surface area contributed by atoms with E-state index in [-0.39, 0.29) is 23.9 Å². The van der Waals surface area contributed by atoms with Crippen LogP contribution in [0.2, 0.25) is 0 Å². The van der Waals surface area contributed by atoms with E-state index in [0.29, 0.717) is 0 Å². The molecule has 0 aromatic carbocycles. The van der Waals surface area contributed by atoms with Crippen molar-refractivity contribution in [3.63, 3.8) is 0 Å². The lowest BCUT2D eigenvalue weighted by Crippen LogP contribution is -2.56. The van der Waals surface area contributed by atoms with Crippen molar-refractivity contribution in [2.24, 2.45) is 5.92 Å². The summed E-state index contributed by atoms with van der Waals surface area (Å²) >= 11 is 0. The average molecular weight is 319 g/mol. The van der Waals surface area contributed by atoms with Crippen molar-refractivity contribution in [1.29, 1.82) is 0 Å². The molecule has 3 amide bonds. The van der Waals surface area contributed by atoms with E-state index in [4.69, 9.17) is 0 Å². The molecule has 0 radical (unpaired) electrons. The third-order valence-electron chi connectivity index (χ3n) is 5.02. The molecule has 7 heteroatoms. The predicted molar refractivity (Wildman–Crippen MR) is 85.5 cm³/mol. The Morgan fingerprint density at radius 1 is 1.43 bits per heavy atom. The third-order valence-corrected chi connectivity index (χ3v) is 5.02. The normalized spacial score (nSPS) is 29.4. The first-order valence-electron chi connectivity index (χ1n) is 8.28. The largest absolute Gasteiger partial charge is 0.348 e. The minimum absolute atomic E-state index is 0.0950. The Hall–Kier alpha value is -1.89. The van der Waals surface area contributed by atoms with E-state index in [1.54, 1.807) is 6.20 Å². The number of aromatic nitrogens is 2. The zero-order chi connectivity index (χ0) is 16.6. The van der Waals surface area contributed by atoms with Crippen LogP contribution in [0.15, 0.2) is 12.4 Å². The molecule has 7 nitrogen and oxygen atoms in total. The molecule has 2 fully saturated rings. The number of aromatic amines is 1. The van der Waals surface area contributed by atoms with E-state index in [0.717, 1.165) is 38.3 Å². The van der Waals surface area contributed by atoms with Gasteiger partial charge in [0.2, 0.25) is 0 Å². The molecule has 2 N–H and O–H groups in total. The summed E-state index contributed by atoms with van der Waals surface area (Å²) in [5.74, 6) is 0.954. The lowest BCUT2D eigenvalue weighted by Gasteiger charge is -2.39. The highest BCUT2D eigenvalue weighted by atomic mass is 16.2. The van der Waals surface area contributed by atoms with Gasteiger partial charge < -0.3 is 10.3 Å². The summed E-state index contributed by atoms with van der Waals surface area (Å²) in [4.78, 5) is 36.0. The van der Waals surface area contributed by atoms with Crippen LogP contribution in [0.5, 0.6) is 0 Å². The second kappa shape index (κ2) is 5.96. The second-order valence-electron chi connectivity index (χ2n) is 7.01. The first-order valence-corrected chi connectivity index (χ1v) is 8.28. The van der Waals surface area contributed by atoms with Crippen molar-refractivity contribution in [2.45, 2.75) is 51.7 Å². The fourth-order valence-electron chi connectivity index (χ4n) is 3.69. The number of nitrogens with one attached hydrogen (secondary N) is 2. The number of nitrogens with zero attached hydrogens (tertiary/aromatic N) is 3. The number of hydrogen-bond acceptors (Lipinski definition) is 4. The molecule has 2 aliphatic rings. The number of carbonyl (C=O) groups excluding carboxylic acids is 2. The molecule has 2 atom stereocenters. The monoisotopic (exact) mass is 319 g/mol. The number of H-pyrrole nitrogens is 1. The number of hydrogen-bond donors (Lipinski definition) is 2. The van der Waals surface area contributed by atoms with Crippen LogP contribution in [0.3, 0.4) is 0 Å². The number of imide groups is 1. The Labute approximate surface area is 136 Å². The van der Waals surface area contributed by atoms with Gasteiger partial charge >= 0.3 is 6.03 Å². The quantitative estimate of drug-likeness (QED) is 0.821. The molecule has 3 rings (SSSR count). The number of amides is 3. The fraction of sp³-hybridized carbons (Fsp3) is 0.688. The van der Waals surface area contributed by atoms with Gasteiger partial charge in [0.15, 0.2) is 0 Å². The summed E-state index contributed by atoms with van der Waals surface area (Å²) in [5, 5.41) is 2.95. The van der Waals surface area contributed by atoms with Gasteiger partial charge in [0.1, 0.15) is 11.4 Å². The Balaban J connectivity index is 1.73. The third kappa shape index (κ3) is 2.85. The van der Waals surface area contributed by atoms with Gasteiger partial charge in [0.05, 0.1) is 6.54 Å². The zero-order valence-electron chi connectivity index (χ0n) is 14.0. The zero-order valence-corrected chi connectivity index (χ0v) is 14.0. The molecule has 126 valence electrons. The first-order chi connectivity index (χ1) is 10.9. The van der Waals surface area contributed by atoms with Crippen molar-refractivity contribution in [1.82, 2.24) is 25.1 Å². The first kappa shape index (κ1) is 16.0. The van der Waals surface area contributed by atoms with Crippen molar-refractivity contribution < 1.29 is 9.59 Å². The summed E-state index contributed by atoms with van der Waals surface area (Å²) in [6, 6.07) is -0.386. The van der Waals surface area contributed by atoms with Crippen LogP contribution in [0.25, 0.3) is 0 Å². The number of imidazole rings is 1. The Bertz CT molecular complexity index is 585. The molecule has 3 heterocycles. The van der Waals surface area contributed by atoms with Gasteiger partial charge in [0.25, 0.3) is 5.91 Å². The van der Waals surface area contributed by atoms with Gasteiger partial charge in [-0.2, -0.15) is 0 Å². The predicted octanol–water partition coefficient (Wildman–Crippen LogP) is 1.34. The molecule has 0 aliphatic carbocycles. The lowest BCUT2D eigenvalue weighted by molar-refractivity contribution is -0.134. The lowest BCUT2D eigenvalue weighted by atomic mass is 9.80. The topological polar surface area (TPSA) is 81.3 Å². The standard InChI is InChI=1S/C16H25N5O2/c1-11(2)21-14(22)16(3,19-15(21)23)12-5-4-8-20(9-12)10-13-17-6-7-18-13/h6-7,11-12H,4-5,8-10H2,1-3H3,(H,17,18)(H,19,23)/t12-,16-/m1/s1. The molecule has 23 heavy (non-hydrogen) atoms. The van der Waals surface area contributed by atoms with Crippen LogP contribution < -0.4 is 5.32 Å². The van der Waals surface area contributed by atoms with Crippen LogP contribution in [0.4, 0.5) is 4.79 Å². The van der Waals surface area contributed by atoms with Gasteiger partial charge in [-0.1, -0.05) is 0 Å². The van der Waals surface area contributed by atoms with E-state index in [9.17, 15) is 9.59 Å². The van der Waals surface area contributed by atoms with Gasteiger partial charge in [-0.25, -0.2) is 9.78 Å². The molecule has 0 unspecified atom stereocenters. The average Bonchev–Trinajstić information content (AvgIpc) is 3.07. The maximum atomic E-state index is 12.8. The highest BCUT2D eigenvalue weighted by Crippen LogP contribution is 2.33. The molecule has 1 aromatic heterocycles. The van der Waals surface area contributed by atoms with E-state index >= 15 is 0 Å². The summed E-state index contributed by atoms with van der Waals surface area (Å²) in [5.41, 5.74) is -0.802.